The molecule has 0 spiro atoms. The van der Waals surface area contributed by atoms with E-state index in [1.54, 1.807) is 0 Å². The van der Waals surface area contributed by atoms with E-state index < -0.39 is 0 Å². The zero-order valence-corrected chi connectivity index (χ0v) is 18.8. The van der Waals surface area contributed by atoms with Gasteiger partial charge in [-0.15, -0.1) is 11.3 Å². The van der Waals surface area contributed by atoms with E-state index in [2.05, 4.69) is 51.7 Å². The molecular weight excluding hydrogens is 483 g/mol. The number of hydrogen-bond acceptors (Lipinski definition) is 6. The van der Waals surface area contributed by atoms with E-state index in [1.165, 1.54) is 42.8 Å². The predicted octanol–water partition coefficient (Wildman–Crippen LogP) is 4.46. The number of nitrogens with zero attached hydrogens (tertiary/aromatic N) is 4. The van der Waals surface area contributed by atoms with Crippen LogP contribution in [0.15, 0.2) is 30.7 Å². The largest absolute Gasteiger partial charge is 0.340 e. The molecule has 5 rings (SSSR count). The van der Waals surface area contributed by atoms with E-state index >= 15 is 0 Å². The summed E-state index contributed by atoms with van der Waals surface area (Å²) in [7, 11) is 0. The molecule has 0 radical (unpaired) electrons. The van der Waals surface area contributed by atoms with Crippen molar-refractivity contribution >= 4 is 58.4 Å². The average Bonchev–Trinajstić information content (AvgIpc) is 3.43. The van der Waals surface area contributed by atoms with Crippen molar-refractivity contribution in [1.82, 2.24) is 22.8 Å². The molecule has 0 unspecified atom stereocenters. The van der Waals surface area contributed by atoms with Crippen LogP contribution in [0.5, 0.6) is 0 Å². The van der Waals surface area contributed by atoms with Gasteiger partial charge in [0, 0.05) is 29.4 Å². The van der Waals surface area contributed by atoms with Gasteiger partial charge in [-0.3, -0.25) is 9.30 Å². The Hall–Kier alpha value is -1.78. The molecule has 3 aromatic heterocycles. The number of imidazole rings is 1. The minimum atomic E-state index is -0.0652. The molecule has 3 aromatic rings. The highest BCUT2D eigenvalue weighted by Crippen LogP contribution is 2.29. The minimum Gasteiger partial charge on any atom is -0.340 e. The number of anilines is 2. The van der Waals surface area contributed by atoms with Gasteiger partial charge in [0.1, 0.15) is 0 Å². The van der Waals surface area contributed by atoms with Crippen LogP contribution in [-0.2, 0) is 6.54 Å². The van der Waals surface area contributed by atoms with E-state index in [1.807, 2.05) is 24.5 Å². The number of aromatic nitrogens is 3. The number of thiophene rings is 1. The Labute approximate surface area is 178 Å². The quantitative estimate of drug-likeness (QED) is 0.396. The van der Waals surface area contributed by atoms with Crippen LogP contribution in [0.2, 0.25) is 0 Å². The smallest absolute Gasteiger partial charge is 0.180 e. The molecular formula is C20H23IN6S. The van der Waals surface area contributed by atoms with Gasteiger partial charge in [-0.2, -0.15) is 0 Å². The number of likely N-dealkylation sites (tertiary alicyclic amines) is 1. The maximum atomic E-state index is 4.72. The summed E-state index contributed by atoms with van der Waals surface area (Å²) in [5.41, 5.74) is 4.17. The van der Waals surface area contributed by atoms with Crippen molar-refractivity contribution in [3.05, 3.63) is 47.0 Å². The second-order valence-corrected chi connectivity index (χ2v) is 10.3. The third kappa shape index (κ3) is 3.72. The monoisotopic (exact) mass is 506 g/mol. The lowest BCUT2D eigenvalue weighted by Crippen LogP contribution is -2.28. The normalized spacial score (nSPS) is 17.4. The third-order valence-corrected chi connectivity index (χ3v) is 7.72. The summed E-state index contributed by atoms with van der Waals surface area (Å²) in [6.45, 7) is 5.53. The number of hydrogen-bond donors (Lipinski definition) is 2. The summed E-state index contributed by atoms with van der Waals surface area (Å²) in [5.74, 6) is 0.818. The van der Waals surface area contributed by atoms with Crippen molar-refractivity contribution in [2.24, 2.45) is 0 Å². The molecule has 0 aromatic carbocycles. The molecule has 1 fully saturated rings. The first-order valence-electron chi connectivity index (χ1n) is 9.61. The first-order chi connectivity index (χ1) is 13.8. The topological polar surface area (TPSA) is 57.5 Å². The highest BCUT2D eigenvalue weighted by atomic mass is 127. The summed E-state index contributed by atoms with van der Waals surface area (Å²) in [5, 5.41) is 4.64. The maximum Gasteiger partial charge on any atom is 0.180 e. The summed E-state index contributed by atoms with van der Waals surface area (Å²) in [6.07, 6.45) is 10.1. The van der Waals surface area contributed by atoms with Crippen LogP contribution in [0.25, 0.3) is 11.2 Å². The van der Waals surface area contributed by atoms with Crippen LogP contribution in [-0.4, -0.2) is 36.4 Å². The van der Waals surface area contributed by atoms with Gasteiger partial charge in [0.05, 0.1) is 22.6 Å². The van der Waals surface area contributed by atoms with Gasteiger partial charge in [0.2, 0.25) is 0 Å². The van der Waals surface area contributed by atoms with E-state index in [9.17, 15) is 0 Å². The minimum absolute atomic E-state index is 0.0652. The maximum absolute atomic E-state index is 4.72. The average molecular weight is 506 g/mol. The molecule has 0 atom stereocenters. The van der Waals surface area contributed by atoms with Crippen molar-refractivity contribution in [3.63, 3.8) is 0 Å². The van der Waals surface area contributed by atoms with Crippen molar-refractivity contribution in [1.29, 1.82) is 0 Å². The van der Waals surface area contributed by atoms with Crippen LogP contribution in [0.1, 0.15) is 35.5 Å². The molecule has 8 heteroatoms. The lowest BCUT2D eigenvalue weighted by atomic mass is 10.1. The van der Waals surface area contributed by atoms with E-state index in [0.717, 1.165) is 34.4 Å². The van der Waals surface area contributed by atoms with Gasteiger partial charge >= 0.3 is 0 Å². The van der Waals surface area contributed by atoms with E-state index in [-0.39, 0.29) is 21.0 Å². The Morgan fingerprint density at radius 1 is 1.25 bits per heavy atom. The second kappa shape index (κ2) is 7.92. The number of aryl methyl sites for hydroxylation is 1. The highest BCUT2D eigenvalue weighted by Gasteiger charge is 2.15. The third-order valence-electron chi connectivity index (χ3n) is 5.09. The molecule has 1 saturated heterocycles. The summed E-state index contributed by atoms with van der Waals surface area (Å²) < 4.78 is 7.78. The van der Waals surface area contributed by atoms with Gasteiger partial charge in [0.15, 0.2) is 11.5 Å². The fourth-order valence-corrected chi connectivity index (χ4v) is 6.21. The lowest BCUT2D eigenvalue weighted by molar-refractivity contribution is 0.222. The number of halogens is 1. The van der Waals surface area contributed by atoms with Crippen molar-refractivity contribution in [2.75, 3.05) is 18.4 Å². The summed E-state index contributed by atoms with van der Waals surface area (Å²) in [6, 6.07) is 4.40. The van der Waals surface area contributed by atoms with Crippen LogP contribution >= 0.6 is 32.3 Å². The highest BCUT2D eigenvalue weighted by molar-refractivity contribution is 14.2. The predicted molar refractivity (Wildman–Crippen MR) is 126 cm³/mol. The fraction of sp³-hybridized carbons (Fsp3) is 0.350. The Balaban J connectivity index is 1.40. The Bertz CT molecular complexity index is 1060. The number of piperidine rings is 1. The number of nitrogens with one attached hydrogen (secondary N) is 2. The second-order valence-electron chi connectivity index (χ2n) is 7.22. The van der Waals surface area contributed by atoms with Crippen LogP contribution in [0.3, 0.4) is 0 Å². The van der Waals surface area contributed by atoms with Gasteiger partial charge < -0.3 is 8.85 Å². The van der Waals surface area contributed by atoms with Crippen molar-refractivity contribution in [3.8, 4) is 0 Å². The molecule has 28 heavy (non-hydrogen) atoms. The molecule has 2 N–H and O–H groups in total. The zero-order chi connectivity index (χ0) is 18.9. The van der Waals surface area contributed by atoms with E-state index in [0.29, 0.717) is 0 Å². The molecule has 6 nitrogen and oxygen atoms in total. The first-order valence-corrected chi connectivity index (χ1v) is 12.7. The molecule has 0 aliphatic carbocycles. The molecule has 0 amide bonds. The van der Waals surface area contributed by atoms with Crippen molar-refractivity contribution in [2.45, 2.75) is 32.7 Å². The van der Waals surface area contributed by atoms with Gasteiger partial charge in [0.25, 0.3) is 0 Å². The summed E-state index contributed by atoms with van der Waals surface area (Å²) in [4.78, 5) is 13.3. The van der Waals surface area contributed by atoms with Crippen LogP contribution in [0.4, 0.5) is 10.8 Å². The molecule has 2 aliphatic rings. The SMILES string of the molecule is Cc1cn2c(C3=CNI=C3)cnc2c(Nc2ccc(CN3CCCCC3)s2)n1. The fourth-order valence-electron chi connectivity index (χ4n) is 3.73. The van der Waals surface area contributed by atoms with Gasteiger partial charge in [-0.05, 0) is 70.0 Å². The molecule has 5 heterocycles. The van der Waals surface area contributed by atoms with Gasteiger partial charge in [-0.25, -0.2) is 9.97 Å². The Kier molecular flexibility index (Phi) is 5.17. The number of rotatable bonds is 5. The van der Waals surface area contributed by atoms with Gasteiger partial charge in [-0.1, -0.05) is 6.42 Å². The Morgan fingerprint density at radius 3 is 2.96 bits per heavy atom. The van der Waals surface area contributed by atoms with Crippen LogP contribution < -0.4 is 8.85 Å². The molecule has 146 valence electrons. The van der Waals surface area contributed by atoms with E-state index in [4.69, 9.17) is 4.98 Å². The zero-order valence-electron chi connectivity index (χ0n) is 15.8. The lowest BCUT2D eigenvalue weighted by Gasteiger charge is -2.25. The molecule has 2 aliphatic heterocycles. The molecule has 0 saturated carbocycles. The summed E-state index contributed by atoms with van der Waals surface area (Å²) >= 11 is 1.75. The Morgan fingerprint density at radius 2 is 2.14 bits per heavy atom. The number of fused-ring (bicyclic) bond motifs is 1. The first kappa shape index (κ1) is 18.3. The number of allylic oxidation sites excluding steroid dienone is 1. The standard InChI is InChI=1S/C20H23IN6S/c1-14-12-27-17(15-9-21-23-10-15)11-22-20(27)19(24-14)25-18-6-5-16(28-18)13-26-7-3-2-4-8-26/h5-6,9-12,23H,2-4,7-8,13H2,1H3,(H,24,25). The van der Waals surface area contributed by atoms with Crippen LogP contribution in [0, 0.1) is 6.92 Å². The van der Waals surface area contributed by atoms with Crippen molar-refractivity contribution < 1.29 is 0 Å². The molecule has 0 bridgehead atoms.